The molecule has 0 saturated heterocycles. The first-order valence-electron chi connectivity index (χ1n) is 6.72. The molecule has 4 nitrogen and oxygen atoms in total. The molecule has 0 amide bonds. The number of hydrogen-bond acceptors (Lipinski definition) is 4. The number of ether oxygens (including phenoxy) is 1. The molecule has 0 bridgehead atoms. The van der Waals surface area contributed by atoms with Crippen LogP contribution in [0, 0.1) is 0 Å². The van der Waals surface area contributed by atoms with E-state index in [1.165, 1.54) is 12.1 Å². The summed E-state index contributed by atoms with van der Waals surface area (Å²) in [5.41, 5.74) is 0. The molecule has 0 heterocycles. The summed E-state index contributed by atoms with van der Waals surface area (Å²) in [7, 11) is -3.86. The van der Waals surface area contributed by atoms with Crippen molar-refractivity contribution in [2.45, 2.75) is 43.1 Å². The molecule has 5 heteroatoms. The van der Waals surface area contributed by atoms with Gasteiger partial charge in [0.25, 0.3) is 0 Å². The maximum absolute atomic E-state index is 12.2. The summed E-state index contributed by atoms with van der Waals surface area (Å²) in [6, 6.07) is 7.80. The number of sulfone groups is 1. The maximum Gasteiger partial charge on any atom is 0.349 e. The van der Waals surface area contributed by atoms with Crippen molar-refractivity contribution in [3.63, 3.8) is 0 Å². The minimum atomic E-state index is -3.86. The molecule has 2 rings (SSSR count). The number of carbonyl (C=O) groups is 1. The van der Waals surface area contributed by atoms with E-state index in [9.17, 15) is 13.2 Å². The van der Waals surface area contributed by atoms with Crippen LogP contribution in [0.4, 0.5) is 0 Å². The fourth-order valence-electron chi connectivity index (χ4n) is 2.25. The average Bonchev–Trinajstić information content (AvgIpc) is 2.48. The molecule has 108 valence electrons. The molecule has 1 aliphatic carbocycles. The Balaban J connectivity index is 2.08. The van der Waals surface area contributed by atoms with Crippen LogP contribution in [-0.2, 0) is 19.4 Å². The second kappa shape index (κ2) is 6.22. The Kier molecular flexibility index (Phi) is 4.60. The SMILES string of the molecule is C=C(C(=O)OC1CCCCC1)S(=O)(=O)c1ccccc1. The predicted molar refractivity (Wildman–Crippen MR) is 75.7 cm³/mol. The summed E-state index contributed by atoms with van der Waals surface area (Å²) in [6.45, 7) is 3.41. The second-order valence-electron chi connectivity index (χ2n) is 4.90. The molecule has 0 N–H and O–H groups in total. The summed E-state index contributed by atoms with van der Waals surface area (Å²) < 4.78 is 29.7. The molecule has 0 radical (unpaired) electrons. The van der Waals surface area contributed by atoms with E-state index in [4.69, 9.17) is 4.74 Å². The minimum Gasteiger partial charge on any atom is -0.458 e. The number of hydrogen-bond donors (Lipinski definition) is 0. The molecule has 0 aliphatic heterocycles. The van der Waals surface area contributed by atoms with E-state index in [1.54, 1.807) is 18.2 Å². The van der Waals surface area contributed by atoms with Gasteiger partial charge >= 0.3 is 5.97 Å². The van der Waals surface area contributed by atoms with E-state index < -0.39 is 20.7 Å². The highest BCUT2D eigenvalue weighted by molar-refractivity contribution is 7.96. The van der Waals surface area contributed by atoms with Crippen LogP contribution in [0.15, 0.2) is 46.7 Å². The average molecular weight is 294 g/mol. The Bertz CT molecular complexity index is 584. The van der Waals surface area contributed by atoms with Crippen LogP contribution in [0.5, 0.6) is 0 Å². The van der Waals surface area contributed by atoms with Gasteiger partial charge in [-0.15, -0.1) is 0 Å². The van der Waals surface area contributed by atoms with Crippen LogP contribution >= 0.6 is 0 Å². The lowest BCUT2D eigenvalue weighted by atomic mass is 9.98. The molecule has 1 aromatic carbocycles. The van der Waals surface area contributed by atoms with Crippen LogP contribution < -0.4 is 0 Å². The lowest BCUT2D eigenvalue weighted by Crippen LogP contribution is -2.24. The molecule has 0 unspecified atom stereocenters. The van der Waals surface area contributed by atoms with Crippen LogP contribution in [-0.4, -0.2) is 20.5 Å². The molecule has 1 saturated carbocycles. The zero-order valence-corrected chi connectivity index (χ0v) is 12.1. The molecular formula is C15H18O4S. The van der Waals surface area contributed by atoms with E-state index in [2.05, 4.69) is 6.58 Å². The van der Waals surface area contributed by atoms with Crippen molar-refractivity contribution < 1.29 is 17.9 Å². The molecule has 0 spiro atoms. The molecule has 20 heavy (non-hydrogen) atoms. The normalized spacial score (nSPS) is 16.6. The van der Waals surface area contributed by atoms with E-state index in [0.29, 0.717) is 0 Å². The topological polar surface area (TPSA) is 60.4 Å². The van der Waals surface area contributed by atoms with E-state index in [1.807, 2.05) is 0 Å². The van der Waals surface area contributed by atoms with Gasteiger partial charge in [0.1, 0.15) is 11.0 Å². The Labute approximate surface area is 119 Å². The second-order valence-corrected chi connectivity index (χ2v) is 6.88. The van der Waals surface area contributed by atoms with Gasteiger partial charge in [0.05, 0.1) is 4.90 Å². The lowest BCUT2D eigenvalue weighted by molar-refractivity contribution is -0.144. The molecule has 1 aromatic rings. The van der Waals surface area contributed by atoms with Gasteiger partial charge in [-0.1, -0.05) is 31.2 Å². The summed E-state index contributed by atoms with van der Waals surface area (Å²) in [6.07, 6.45) is 4.57. The van der Waals surface area contributed by atoms with Gasteiger partial charge in [0.2, 0.25) is 9.84 Å². The third kappa shape index (κ3) is 3.28. The first-order chi connectivity index (χ1) is 9.51. The van der Waals surface area contributed by atoms with E-state index in [-0.39, 0.29) is 11.0 Å². The highest BCUT2D eigenvalue weighted by Crippen LogP contribution is 2.23. The third-order valence-corrected chi connectivity index (χ3v) is 5.14. The van der Waals surface area contributed by atoms with Crippen LogP contribution in [0.2, 0.25) is 0 Å². The van der Waals surface area contributed by atoms with Crippen molar-refractivity contribution in [3.8, 4) is 0 Å². The first kappa shape index (κ1) is 14.8. The Morgan fingerprint density at radius 2 is 1.70 bits per heavy atom. The highest BCUT2D eigenvalue weighted by atomic mass is 32.2. The maximum atomic E-state index is 12.2. The van der Waals surface area contributed by atoms with Gasteiger partial charge in [-0.25, -0.2) is 13.2 Å². The fraction of sp³-hybridized carbons (Fsp3) is 0.400. The van der Waals surface area contributed by atoms with Gasteiger partial charge in [-0.2, -0.15) is 0 Å². The van der Waals surface area contributed by atoms with Crippen LogP contribution in [0.25, 0.3) is 0 Å². The minimum absolute atomic E-state index is 0.0607. The zero-order chi connectivity index (χ0) is 14.6. The van der Waals surface area contributed by atoms with Crippen LogP contribution in [0.1, 0.15) is 32.1 Å². The van der Waals surface area contributed by atoms with Crippen molar-refractivity contribution >= 4 is 15.8 Å². The largest absolute Gasteiger partial charge is 0.458 e. The van der Waals surface area contributed by atoms with Crippen molar-refractivity contribution in [1.82, 2.24) is 0 Å². The van der Waals surface area contributed by atoms with Gasteiger partial charge in [0.15, 0.2) is 0 Å². The fourth-order valence-corrected chi connectivity index (χ4v) is 3.32. The molecular weight excluding hydrogens is 276 g/mol. The van der Waals surface area contributed by atoms with Crippen LogP contribution in [0.3, 0.4) is 0 Å². The number of rotatable bonds is 4. The summed E-state index contributed by atoms with van der Waals surface area (Å²) in [5.74, 6) is -0.833. The first-order valence-corrected chi connectivity index (χ1v) is 8.20. The molecule has 1 fully saturated rings. The van der Waals surface area contributed by atoms with Gasteiger partial charge in [0, 0.05) is 0 Å². The van der Waals surface area contributed by atoms with Gasteiger partial charge < -0.3 is 4.74 Å². The summed E-state index contributed by atoms with van der Waals surface area (Å²) >= 11 is 0. The molecule has 1 aliphatic rings. The van der Waals surface area contributed by atoms with E-state index >= 15 is 0 Å². The standard InChI is InChI=1S/C15H18O4S/c1-12(15(16)19-13-8-4-2-5-9-13)20(17,18)14-10-6-3-7-11-14/h3,6-7,10-11,13H,1-2,4-5,8-9H2. The molecule has 0 aromatic heterocycles. The molecule has 0 atom stereocenters. The Hall–Kier alpha value is -1.62. The van der Waals surface area contributed by atoms with Gasteiger partial charge in [-0.3, -0.25) is 0 Å². The highest BCUT2D eigenvalue weighted by Gasteiger charge is 2.28. The monoisotopic (exact) mass is 294 g/mol. The van der Waals surface area contributed by atoms with Crippen molar-refractivity contribution in [2.75, 3.05) is 0 Å². The predicted octanol–water partition coefficient (Wildman–Crippen LogP) is 2.85. The van der Waals surface area contributed by atoms with Crippen molar-refractivity contribution in [3.05, 3.63) is 41.8 Å². The lowest BCUT2D eigenvalue weighted by Gasteiger charge is -2.22. The van der Waals surface area contributed by atoms with Crippen molar-refractivity contribution in [1.29, 1.82) is 0 Å². The summed E-state index contributed by atoms with van der Waals surface area (Å²) in [5, 5.41) is 0. The van der Waals surface area contributed by atoms with Crippen molar-refractivity contribution in [2.24, 2.45) is 0 Å². The summed E-state index contributed by atoms with van der Waals surface area (Å²) in [4.78, 5) is 11.5. The number of carbonyl (C=O) groups excluding carboxylic acids is 1. The quantitative estimate of drug-likeness (QED) is 0.633. The van der Waals surface area contributed by atoms with Gasteiger partial charge in [-0.05, 0) is 37.8 Å². The smallest absolute Gasteiger partial charge is 0.349 e. The number of esters is 1. The third-order valence-electron chi connectivity index (χ3n) is 3.43. The number of benzene rings is 1. The zero-order valence-electron chi connectivity index (χ0n) is 11.2. The Morgan fingerprint density at radius 1 is 1.10 bits per heavy atom. The Morgan fingerprint density at radius 3 is 2.30 bits per heavy atom. The van der Waals surface area contributed by atoms with E-state index in [0.717, 1.165) is 32.1 Å².